The Kier molecular flexibility index (Phi) is 6.87. The van der Waals surface area contributed by atoms with Crippen LogP contribution in [-0.4, -0.2) is 11.2 Å². The number of hydrogen-bond donors (Lipinski definition) is 2. The van der Waals surface area contributed by atoms with Crippen LogP contribution >= 0.6 is 25.3 Å². The first kappa shape index (κ1) is 21.8. The molecule has 1 aromatic rings. The molecule has 1 rings (SSSR count). The van der Waals surface area contributed by atoms with Crippen molar-refractivity contribution in [2.75, 3.05) is 0 Å². The molecule has 0 aliphatic heterocycles. The summed E-state index contributed by atoms with van der Waals surface area (Å²) in [5.74, 6) is 0. The van der Waals surface area contributed by atoms with Gasteiger partial charge in [-0.3, -0.25) is 0 Å². The monoisotopic (exact) mass is 374 g/mol. The van der Waals surface area contributed by atoms with Crippen LogP contribution in [0.25, 0.3) is 0 Å². The van der Waals surface area contributed by atoms with E-state index in [-0.39, 0.29) is 0 Å². The van der Waals surface area contributed by atoms with Crippen LogP contribution in [0.5, 0.6) is 0 Å². The van der Waals surface area contributed by atoms with Gasteiger partial charge in [0.25, 0.3) is 0 Å². The van der Waals surface area contributed by atoms with E-state index in [4.69, 9.17) is 19.6 Å². The Labute approximate surface area is 156 Å². The Balaban J connectivity index is 3.10. The van der Waals surface area contributed by atoms with Crippen LogP contribution in [0.2, 0.25) is 0 Å². The maximum absolute atomic E-state index is 5.60. The lowest BCUT2D eigenvalue weighted by Crippen LogP contribution is -2.32. The van der Waals surface area contributed by atoms with Crippen LogP contribution < -0.4 is 0 Å². The summed E-state index contributed by atoms with van der Waals surface area (Å²) in [5.41, 5.74) is 0.671. The molecule has 0 aliphatic rings. The predicted octanol–water partition coefficient (Wildman–Crippen LogP) is 5.39. The van der Waals surface area contributed by atoms with Crippen molar-refractivity contribution in [3.63, 3.8) is 0 Å². The molecule has 138 valence electrons. The molecule has 24 heavy (non-hydrogen) atoms. The summed E-state index contributed by atoms with van der Waals surface area (Å²) in [4.78, 5) is 20.1. The van der Waals surface area contributed by atoms with Crippen LogP contribution in [0.15, 0.2) is 24.3 Å². The van der Waals surface area contributed by atoms with Crippen LogP contribution in [0.4, 0.5) is 0 Å². The molecule has 6 heteroatoms. The van der Waals surface area contributed by atoms with Crippen molar-refractivity contribution in [1.29, 1.82) is 0 Å². The lowest BCUT2D eigenvalue weighted by molar-refractivity contribution is -0.387. The van der Waals surface area contributed by atoms with Gasteiger partial charge in [-0.2, -0.15) is 0 Å². The van der Waals surface area contributed by atoms with Crippen LogP contribution in [0.3, 0.4) is 0 Å². The van der Waals surface area contributed by atoms with Gasteiger partial charge in [-0.1, -0.05) is 24.3 Å². The van der Waals surface area contributed by atoms with E-state index in [9.17, 15) is 0 Å². The summed E-state index contributed by atoms with van der Waals surface area (Å²) in [6.07, 6.45) is 0. The van der Waals surface area contributed by atoms with Crippen molar-refractivity contribution in [3.8, 4) is 0 Å². The Morgan fingerprint density at radius 2 is 0.875 bits per heavy atom. The van der Waals surface area contributed by atoms with Gasteiger partial charge in [0.05, 0.1) is 11.2 Å². The molecule has 0 heterocycles. The van der Waals surface area contributed by atoms with E-state index >= 15 is 0 Å². The van der Waals surface area contributed by atoms with Gasteiger partial charge in [0.1, 0.15) is 0 Å². The van der Waals surface area contributed by atoms with Gasteiger partial charge < -0.3 is 0 Å². The van der Waals surface area contributed by atoms with Crippen molar-refractivity contribution in [1.82, 2.24) is 0 Å². The second-order valence-corrected chi connectivity index (χ2v) is 9.78. The summed E-state index contributed by atoms with van der Waals surface area (Å²) >= 11 is 9.27. The Bertz CT molecular complexity index is 494. The largest absolute Gasteiger partial charge is 0.229 e. The molecule has 2 unspecified atom stereocenters. The third-order valence-electron chi connectivity index (χ3n) is 2.83. The lowest BCUT2D eigenvalue weighted by atomic mass is 9.98. The minimum absolute atomic E-state index is 0.449. The van der Waals surface area contributed by atoms with E-state index in [0.29, 0.717) is 0 Å². The normalized spacial score (nSPS) is 18.1. The Morgan fingerprint density at radius 1 is 0.583 bits per heavy atom. The maximum atomic E-state index is 5.60. The van der Waals surface area contributed by atoms with E-state index in [1.54, 1.807) is 0 Å². The summed E-state index contributed by atoms with van der Waals surface area (Å²) in [6, 6.07) is 7.62. The second kappa shape index (κ2) is 7.56. The third-order valence-corrected chi connectivity index (χ3v) is 3.47. The molecule has 2 atom stereocenters. The van der Waals surface area contributed by atoms with Crippen LogP contribution in [0, 0.1) is 0 Å². The molecule has 0 aromatic heterocycles. The minimum atomic E-state index is -0.987. The van der Waals surface area contributed by atoms with Crippen LogP contribution in [-0.2, 0) is 29.4 Å². The summed E-state index contributed by atoms with van der Waals surface area (Å²) in [6.45, 7) is 15.1. The quantitative estimate of drug-likeness (QED) is 0.303. The van der Waals surface area contributed by atoms with Gasteiger partial charge in [-0.15, -0.1) is 25.3 Å². The fraction of sp³-hybridized carbons (Fsp3) is 0.667. The minimum Gasteiger partial charge on any atom is -0.229 e. The molecule has 0 saturated heterocycles. The van der Waals surface area contributed by atoms with Crippen molar-refractivity contribution < 1.29 is 19.6 Å². The lowest BCUT2D eigenvalue weighted by Gasteiger charge is -2.34. The Morgan fingerprint density at radius 3 is 1.12 bits per heavy atom. The zero-order valence-corrected chi connectivity index (χ0v) is 17.6. The highest BCUT2D eigenvalue weighted by Crippen LogP contribution is 2.41. The van der Waals surface area contributed by atoms with Gasteiger partial charge in [0.15, 0.2) is 9.87 Å². The molecular weight excluding hydrogens is 344 g/mol. The molecule has 0 radical (unpaired) electrons. The smallest absolute Gasteiger partial charge is 0.169 e. The molecule has 0 bridgehead atoms. The predicted molar refractivity (Wildman–Crippen MR) is 103 cm³/mol. The van der Waals surface area contributed by atoms with E-state index in [1.807, 2.05) is 79.7 Å². The van der Waals surface area contributed by atoms with Gasteiger partial charge >= 0.3 is 0 Å². The van der Waals surface area contributed by atoms with Gasteiger partial charge in [-0.25, -0.2) is 19.6 Å². The molecule has 0 fully saturated rings. The van der Waals surface area contributed by atoms with E-state index in [1.165, 1.54) is 0 Å². The number of benzene rings is 1. The second-order valence-electron chi connectivity index (χ2n) is 8.07. The summed E-state index contributed by atoms with van der Waals surface area (Å²) < 4.78 is 0. The first-order valence-corrected chi connectivity index (χ1v) is 8.82. The standard InChI is InChI=1S/C18H30O4S2/c1-15(2,3)19-21-17(7,23)13-11-9-10-12-14(13)18(8,24)22-20-16(4,5)6/h9-12,23-24H,1-8H3. The van der Waals surface area contributed by atoms with Crippen molar-refractivity contribution >= 4 is 25.3 Å². The van der Waals surface area contributed by atoms with Crippen molar-refractivity contribution in [3.05, 3.63) is 35.4 Å². The van der Waals surface area contributed by atoms with Gasteiger partial charge in [-0.05, 0) is 55.4 Å². The fourth-order valence-corrected chi connectivity index (χ4v) is 2.26. The SMILES string of the molecule is CC(C)(C)OOC(C)(S)c1ccccc1C(C)(S)OOC(C)(C)C. The zero-order valence-electron chi connectivity index (χ0n) is 15.8. The van der Waals surface area contributed by atoms with Crippen molar-refractivity contribution in [2.24, 2.45) is 0 Å². The topological polar surface area (TPSA) is 36.9 Å². The maximum Gasteiger partial charge on any atom is 0.169 e. The third kappa shape index (κ3) is 6.94. The average molecular weight is 375 g/mol. The highest BCUT2D eigenvalue weighted by Gasteiger charge is 2.36. The van der Waals surface area contributed by atoms with E-state index in [0.717, 1.165) is 11.1 Å². The molecule has 0 N–H and O–H groups in total. The first-order chi connectivity index (χ1) is 10.6. The molecule has 4 nitrogen and oxygen atoms in total. The molecule has 1 aromatic carbocycles. The highest BCUT2D eigenvalue weighted by atomic mass is 32.1. The van der Waals surface area contributed by atoms with Gasteiger partial charge in [0, 0.05) is 11.1 Å². The molecule has 0 amide bonds. The number of thiol groups is 2. The highest BCUT2D eigenvalue weighted by molar-refractivity contribution is 7.81. The first-order valence-electron chi connectivity index (χ1n) is 7.92. The van der Waals surface area contributed by atoms with Gasteiger partial charge in [0.2, 0.25) is 0 Å². The van der Waals surface area contributed by atoms with Crippen LogP contribution in [0.1, 0.15) is 66.5 Å². The van der Waals surface area contributed by atoms with Crippen molar-refractivity contribution in [2.45, 2.75) is 76.5 Å². The molecular formula is C18H30O4S2. The summed E-state index contributed by atoms with van der Waals surface area (Å²) in [5, 5.41) is 0. The number of rotatable bonds is 6. The number of hydrogen-bond acceptors (Lipinski definition) is 6. The van der Waals surface area contributed by atoms with E-state index < -0.39 is 21.1 Å². The molecule has 0 aliphatic carbocycles. The van der Waals surface area contributed by atoms with E-state index in [2.05, 4.69) is 25.3 Å². The summed E-state index contributed by atoms with van der Waals surface area (Å²) in [7, 11) is 0. The molecule has 0 spiro atoms. The Hall–Kier alpha value is -0.240. The fourth-order valence-electron chi connectivity index (χ4n) is 1.79. The average Bonchev–Trinajstić information content (AvgIpc) is 2.42. The zero-order chi connectivity index (χ0) is 18.8. The molecule has 0 saturated carbocycles.